The number of benzene rings is 1. The molecular weight excluding hydrogens is 178 g/mol. The summed E-state index contributed by atoms with van der Waals surface area (Å²) in [4.78, 5) is 1.31. The summed E-state index contributed by atoms with van der Waals surface area (Å²) in [5.41, 5.74) is 1.24. The topological polar surface area (TPSA) is 12.0 Å². The molecule has 0 atom stereocenters. The van der Waals surface area contributed by atoms with Gasteiger partial charge in [-0.2, -0.15) is 0 Å². The quantitative estimate of drug-likeness (QED) is 0.735. The van der Waals surface area contributed by atoms with Gasteiger partial charge in [0, 0.05) is 18.6 Å². The molecule has 0 heterocycles. The van der Waals surface area contributed by atoms with E-state index in [2.05, 4.69) is 42.8 Å². The van der Waals surface area contributed by atoms with Crippen LogP contribution in [0.1, 0.15) is 22.2 Å². The lowest BCUT2D eigenvalue weighted by molar-refractivity contribution is 1.19. The number of hydrogen-bond donors (Lipinski definition) is 1. The van der Waals surface area contributed by atoms with Gasteiger partial charge in [0.15, 0.2) is 0 Å². The first kappa shape index (κ1) is 12.4. The molecule has 0 spiro atoms. The van der Waals surface area contributed by atoms with Crippen LogP contribution in [0.5, 0.6) is 0 Å². The Bertz CT molecular complexity index is 228. The zero-order chi connectivity index (χ0) is 10.1. The highest BCUT2D eigenvalue weighted by Crippen LogP contribution is 2.23. The lowest BCUT2D eigenvalue weighted by Crippen LogP contribution is -1.97. The highest BCUT2D eigenvalue weighted by Gasteiger charge is 1.95. The number of thioether (sulfide) groups is 1. The van der Waals surface area contributed by atoms with Gasteiger partial charge in [-0.25, -0.2) is 0 Å². The van der Waals surface area contributed by atoms with E-state index >= 15 is 0 Å². The summed E-state index contributed by atoms with van der Waals surface area (Å²) in [6.07, 6.45) is 2.09. The number of hydrogen-bond acceptors (Lipinski definition) is 2. The smallest absolute Gasteiger partial charge is 0.0478 e. The van der Waals surface area contributed by atoms with E-state index in [0.29, 0.717) is 0 Å². The van der Waals surface area contributed by atoms with Crippen molar-refractivity contribution >= 4 is 17.4 Å². The average molecular weight is 199 g/mol. The summed E-state index contributed by atoms with van der Waals surface area (Å²) < 4.78 is 0. The monoisotopic (exact) mass is 199 g/mol. The minimum absolute atomic E-state index is 0. The molecule has 2 heteroatoms. The van der Waals surface area contributed by atoms with E-state index in [1.54, 1.807) is 11.8 Å². The molecule has 0 saturated heterocycles. The van der Waals surface area contributed by atoms with Crippen molar-refractivity contribution in [3.63, 3.8) is 0 Å². The molecule has 0 amide bonds. The molecule has 0 bridgehead atoms. The summed E-state index contributed by atoms with van der Waals surface area (Å²) in [7, 11) is 0. The third kappa shape index (κ3) is 4.23. The molecule has 1 aromatic rings. The summed E-state index contributed by atoms with van der Waals surface area (Å²) in [6, 6.07) is 8.35. The van der Waals surface area contributed by atoms with E-state index in [0.717, 1.165) is 6.54 Å². The summed E-state index contributed by atoms with van der Waals surface area (Å²) in [5, 5.41) is 3.31. The van der Waals surface area contributed by atoms with Crippen LogP contribution in [0.4, 0.5) is 5.69 Å². The molecule has 13 heavy (non-hydrogen) atoms. The molecule has 1 nitrogen and oxygen atoms in total. The Morgan fingerprint density at radius 2 is 1.92 bits per heavy atom. The molecule has 76 valence electrons. The SMILES string of the molecule is CC.CCNc1ccccc1SC.[HH]. The molecule has 0 aliphatic heterocycles. The van der Waals surface area contributed by atoms with Gasteiger partial charge in [-0.05, 0) is 25.3 Å². The first-order chi connectivity index (χ1) is 6.38. The average Bonchev–Trinajstić information content (AvgIpc) is 2.22. The molecule has 0 fully saturated rings. The maximum atomic E-state index is 3.31. The van der Waals surface area contributed by atoms with Crippen molar-refractivity contribution in [2.45, 2.75) is 25.7 Å². The second kappa shape index (κ2) is 7.99. The maximum absolute atomic E-state index is 3.31. The van der Waals surface area contributed by atoms with Crippen LogP contribution < -0.4 is 5.32 Å². The van der Waals surface area contributed by atoms with Crippen LogP contribution in [-0.2, 0) is 0 Å². The van der Waals surface area contributed by atoms with Crippen molar-refractivity contribution in [2.75, 3.05) is 18.1 Å². The van der Waals surface area contributed by atoms with Crippen LogP contribution in [0, 0.1) is 0 Å². The van der Waals surface area contributed by atoms with Crippen LogP contribution in [0.15, 0.2) is 29.2 Å². The molecule has 0 radical (unpaired) electrons. The lowest BCUT2D eigenvalue weighted by atomic mass is 10.3. The van der Waals surface area contributed by atoms with E-state index in [4.69, 9.17) is 0 Å². The predicted octanol–water partition coefficient (Wildman–Crippen LogP) is 4.11. The Labute approximate surface area is 87.4 Å². The number of para-hydroxylation sites is 1. The van der Waals surface area contributed by atoms with Gasteiger partial charge in [-0.1, -0.05) is 26.0 Å². The van der Waals surface area contributed by atoms with Crippen molar-refractivity contribution in [1.29, 1.82) is 0 Å². The Hall–Kier alpha value is -0.630. The van der Waals surface area contributed by atoms with Crippen LogP contribution in [0.3, 0.4) is 0 Å². The Morgan fingerprint density at radius 1 is 1.31 bits per heavy atom. The van der Waals surface area contributed by atoms with Crippen LogP contribution in [0.2, 0.25) is 0 Å². The zero-order valence-electron chi connectivity index (χ0n) is 8.92. The second-order valence-corrected chi connectivity index (χ2v) is 3.08. The van der Waals surface area contributed by atoms with E-state index in [1.807, 2.05) is 13.8 Å². The van der Waals surface area contributed by atoms with Gasteiger partial charge < -0.3 is 5.32 Å². The molecule has 1 N–H and O–H groups in total. The third-order valence-corrected chi connectivity index (χ3v) is 2.27. The van der Waals surface area contributed by atoms with Crippen molar-refractivity contribution in [2.24, 2.45) is 0 Å². The lowest BCUT2D eigenvalue weighted by Gasteiger charge is -2.06. The fourth-order valence-corrected chi connectivity index (χ4v) is 1.56. The maximum Gasteiger partial charge on any atom is 0.0478 e. The number of nitrogens with one attached hydrogen (secondary N) is 1. The van der Waals surface area contributed by atoms with Gasteiger partial charge >= 0.3 is 0 Å². The highest BCUT2D eigenvalue weighted by molar-refractivity contribution is 7.98. The molecule has 1 rings (SSSR count). The first-order valence-corrected chi connectivity index (χ1v) is 5.98. The largest absolute Gasteiger partial charge is 0.384 e. The minimum atomic E-state index is 0. The zero-order valence-corrected chi connectivity index (χ0v) is 9.74. The minimum Gasteiger partial charge on any atom is -0.384 e. The third-order valence-electron chi connectivity index (χ3n) is 1.47. The van der Waals surface area contributed by atoms with Crippen molar-refractivity contribution in [1.82, 2.24) is 0 Å². The Kier molecular flexibility index (Phi) is 7.60. The van der Waals surface area contributed by atoms with Gasteiger partial charge in [-0.3, -0.25) is 0 Å². The molecular formula is C11H21NS. The second-order valence-electron chi connectivity index (χ2n) is 2.23. The van der Waals surface area contributed by atoms with Crippen molar-refractivity contribution in [3.05, 3.63) is 24.3 Å². The van der Waals surface area contributed by atoms with Gasteiger partial charge in [-0.15, -0.1) is 11.8 Å². The van der Waals surface area contributed by atoms with Crippen LogP contribution in [-0.4, -0.2) is 12.8 Å². The summed E-state index contributed by atoms with van der Waals surface area (Å²) >= 11 is 1.77. The Morgan fingerprint density at radius 3 is 2.46 bits per heavy atom. The van der Waals surface area contributed by atoms with Crippen molar-refractivity contribution < 1.29 is 1.43 Å². The van der Waals surface area contributed by atoms with E-state index < -0.39 is 0 Å². The fourth-order valence-electron chi connectivity index (χ4n) is 0.981. The standard InChI is InChI=1S/C9H13NS.C2H6.H2/c1-3-10-8-6-4-5-7-9(8)11-2;1-2;/h4-7,10H,3H2,1-2H3;1-2H3;1H. The molecule has 0 aliphatic carbocycles. The van der Waals surface area contributed by atoms with Gasteiger partial charge in [0.05, 0.1) is 0 Å². The Balaban J connectivity index is 0. The van der Waals surface area contributed by atoms with Gasteiger partial charge in [0.25, 0.3) is 0 Å². The van der Waals surface area contributed by atoms with Crippen molar-refractivity contribution in [3.8, 4) is 0 Å². The highest BCUT2D eigenvalue weighted by atomic mass is 32.2. The molecule has 1 aromatic carbocycles. The predicted molar refractivity (Wildman–Crippen MR) is 65.8 cm³/mol. The summed E-state index contributed by atoms with van der Waals surface area (Å²) in [5.74, 6) is 0. The first-order valence-electron chi connectivity index (χ1n) is 4.75. The van der Waals surface area contributed by atoms with Gasteiger partial charge in [0.2, 0.25) is 0 Å². The van der Waals surface area contributed by atoms with Crippen LogP contribution in [0.25, 0.3) is 0 Å². The van der Waals surface area contributed by atoms with E-state index in [-0.39, 0.29) is 1.43 Å². The fraction of sp³-hybridized carbons (Fsp3) is 0.455. The molecule has 0 aliphatic rings. The molecule has 0 aromatic heterocycles. The normalized spacial score (nSPS) is 8.62. The number of rotatable bonds is 3. The van der Waals surface area contributed by atoms with Crippen LogP contribution >= 0.6 is 11.8 Å². The summed E-state index contributed by atoms with van der Waals surface area (Å²) in [6.45, 7) is 7.09. The van der Waals surface area contributed by atoms with Gasteiger partial charge in [0.1, 0.15) is 0 Å². The number of anilines is 1. The van der Waals surface area contributed by atoms with E-state index in [9.17, 15) is 0 Å². The molecule has 0 saturated carbocycles. The van der Waals surface area contributed by atoms with E-state index in [1.165, 1.54) is 10.6 Å². The molecule has 0 unspecified atom stereocenters.